The first kappa shape index (κ1) is 15.8. The Balaban J connectivity index is 1.95. The zero-order chi connectivity index (χ0) is 15.5. The summed E-state index contributed by atoms with van der Waals surface area (Å²) in [5.41, 5.74) is 7.62. The van der Waals surface area contributed by atoms with Crippen LogP contribution >= 0.6 is 0 Å². The molecule has 1 aromatic carbocycles. The number of benzene rings is 1. The van der Waals surface area contributed by atoms with Crippen LogP contribution in [0.2, 0.25) is 0 Å². The lowest BCUT2D eigenvalue weighted by Crippen LogP contribution is -2.27. The van der Waals surface area contributed by atoms with Crippen molar-refractivity contribution in [2.45, 2.75) is 32.6 Å². The van der Waals surface area contributed by atoms with E-state index in [1.807, 2.05) is 6.92 Å². The van der Waals surface area contributed by atoms with Gasteiger partial charge in [0.25, 0.3) is 0 Å². The smallest absolute Gasteiger partial charge is 0.239 e. The molecule has 2 rings (SSSR count). The summed E-state index contributed by atoms with van der Waals surface area (Å²) in [7, 11) is -3.35. The third-order valence-corrected chi connectivity index (χ3v) is 5.53. The predicted octanol–water partition coefficient (Wildman–Crippen LogP) is 2.12. The van der Waals surface area contributed by atoms with Crippen LogP contribution in [0.25, 0.3) is 0 Å². The van der Waals surface area contributed by atoms with Gasteiger partial charge < -0.3 is 11.1 Å². The molecule has 1 amide bonds. The SMILES string of the molecule is Cc1ccc(N)cc1NC(=O)CS(=O)(=O)CC1CCCC1. The van der Waals surface area contributed by atoms with E-state index in [1.54, 1.807) is 18.2 Å². The Morgan fingerprint density at radius 3 is 2.67 bits per heavy atom. The second kappa shape index (κ2) is 6.47. The minimum atomic E-state index is -3.35. The average molecular weight is 310 g/mol. The van der Waals surface area contributed by atoms with Gasteiger partial charge in [0.15, 0.2) is 9.84 Å². The minimum absolute atomic E-state index is 0.121. The predicted molar refractivity (Wildman–Crippen MR) is 84.8 cm³/mol. The lowest BCUT2D eigenvalue weighted by atomic mass is 10.1. The summed E-state index contributed by atoms with van der Waals surface area (Å²) in [6.07, 6.45) is 4.09. The van der Waals surface area contributed by atoms with Crippen molar-refractivity contribution < 1.29 is 13.2 Å². The van der Waals surface area contributed by atoms with Gasteiger partial charge in [-0.15, -0.1) is 0 Å². The topological polar surface area (TPSA) is 89.3 Å². The lowest BCUT2D eigenvalue weighted by Gasteiger charge is -2.11. The first-order chi connectivity index (χ1) is 9.85. The van der Waals surface area contributed by atoms with Crippen molar-refractivity contribution >= 4 is 27.1 Å². The number of hydrogen-bond acceptors (Lipinski definition) is 4. The maximum absolute atomic E-state index is 12.1. The summed E-state index contributed by atoms with van der Waals surface area (Å²) in [5.74, 6) is -0.618. The van der Waals surface area contributed by atoms with Gasteiger partial charge >= 0.3 is 0 Å². The maximum Gasteiger partial charge on any atom is 0.239 e. The molecule has 1 saturated carbocycles. The van der Waals surface area contributed by atoms with E-state index in [9.17, 15) is 13.2 Å². The fraction of sp³-hybridized carbons (Fsp3) is 0.533. The molecule has 0 saturated heterocycles. The standard InChI is InChI=1S/C15H22N2O3S/c1-11-6-7-13(16)8-14(11)17-15(18)10-21(19,20)9-12-4-2-3-5-12/h6-8,12H,2-5,9-10,16H2,1H3,(H,17,18). The van der Waals surface area contributed by atoms with E-state index in [1.165, 1.54) is 0 Å². The van der Waals surface area contributed by atoms with Gasteiger partial charge in [0.2, 0.25) is 5.91 Å². The molecular formula is C15H22N2O3S. The van der Waals surface area contributed by atoms with Crippen LogP contribution in [0.3, 0.4) is 0 Å². The molecule has 3 N–H and O–H groups in total. The van der Waals surface area contributed by atoms with Crippen molar-refractivity contribution in [1.29, 1.82) is 0 Å². The Kier molecular flexibility index (Phi) is 4.88. The van der Waals surface area contributed by atoms with Gasteiger partial charge in [-0.2, -0.15) is 0 Å². The Labute approximate surface area is 125 Å². The van der Waals surface area contributed by atoms with Crippen molar-refractivity contribution in [3.05, 3.63) is 23.8 Å². The number of nitrogens with two attached hydrogens (primary N) is 1. The largest absolute Gasteiger partial charge is 0.399 e. The highest BCUT2D eigenvalue weighted by Crippen LogP contribution is 2.26. The fourth-order valence-electron chi connectivity index (χ4n) is 2.76. The van der Waals surface area contributed by atoms with Crippen molar-refractivity contribution in [2.24, 2.45) is 5.92 Å². The molecule has 0 spiro atoms. The van der Waals surface area contributed by atoms with E-state index < -0.39 is 21.5 Å². The number of amides is 1. The number of anilines is 2. The first-order valence-electron chi connectivity index (χ1n) is 7.22. The molecule has 1 aliphatic rings. The average Bonchev–Trinajstić information content (AvgIpc) is 2.84. The molecule has 0 aliphatic heterocycles. The van der Waals surface area contributed by atoms with Gasteiger partial charge in [-0.1, -0.05) is 18.9 Å². The number of rotatable bonds is 5. The highest BCUT2D eigenvalue weighted by atomic mass is 32.2. The zero-order valence-electron chi connectivity index (χ0n) is 12.3. The van der Waals surface area contributed by atoms with E-state index in [0.29, 0.717) is 11.4 Å². The Morgan fingerprint density at radius 1 is 1.33 bits per heavy atom. The zero-order valence-corrected chi connectivity index (χ0v) is 13.1. The summed E-state index contributed by atoms with van der Waals surface area (Å²) in [6.45, 7) is 1.84. The van der Waals surface area contributed by atoms with Crippen LogP contribution in [-0.2, 0) is 14.6 Å². The van der Waals surface area contributed by atoms with Crippen LogP contribution < -0.4 is 11.1 Å². The molecule has 5 nitrogen and oxygen atoms in total. The molecule has 0 bridgehead atoms. The molecule has 6 heteroatoms. The van der Waals surface area contributed by atoms with Crippen LogP contribution in [0, 0.1) is 12.8 Å². The molecule has 0 radical (unpaired) electrons. The third-order valence-electron chi connectivity index (χ3n) is 3.85. The first-order valence-corrected chi connectivity index (χ1v) is 9.04. The van der Waals surface area contributed by atoms with Crippen LogP contribution in [0.4, 0.5) is 11.4 Å². The molecule has 1 aliphatic carbocycles. The summed E-state index contributed by atoms with van der Waals surface area (Å²) in [5, 5.41) is 2.63. The number of nitrogens with one attached hydrogen (secondary N) is 1. The van der Waals surface area contributed by atoms with Crippen LogP contribution in [-0.4, -0.2) is 25.8 Å². The molecule has 1 aromatic rings. The van der Waals surface area contributed by atoms with Gasteiger partial charge in [-0.25, -0.2) is 8.42 Å². The molecule has 21 heavy (non-hydrogen) atoms. The fourth-order valence-corrected chi connectivity index (χ4v) is 4.40. The normalized spacial score (nSPS) is 16.0. The van der Waals surface area contributed by atoms with E-state index in [2.05, 4.69) is 5.32 Å². The quantitative estimate of drug-likeness (QED) is 0.815. The molecule has 0 atom stereocenters. The lowest BCUT2D eigenvalue weighted by molar-refractivity contribution is -0.113. The van der Waals surface area contributed by atoms with Crippen molar-refractivity contribution in [3.8, 4) is 0 Å². The molecule has 1 fully saturated rings. The number of hydrogen-bond donors (Lipinski definition) is 2. The summed E-state index contributed by atoms with van der Waals surface area (Å²) >= 11 is 0. The van der Waals surface area contributed by atoms with E-state index in [0.717, 1.165) is 31.2 Å². The van der Waals surface area contributed by atoms with Crippen LogP contribution in [0.5, 0.6) is 0 Å². The summed E-state index contributed by atoms with van der Waals surface area (Å²) in [4.78, 5) is 11.9. The Hall–Kier alpha value is -1.56. The Morgan fingerprint density at radius 2 is 2.00 bits per heavy atom. The van der Waals surface area contributed by atoms with Crippen LogP contribution in [0.15, 0.2) is 18.2 Å². The highest BCUT2D eigenvalue weighted by Gasteiger charge is 2.24. The minimum Gasteiger partial charge on any atom is -0.399 e. The number of carbonyl (C=O) groups excluding carboxylic acids is 1. The number of carbonyl (C=O) groups is 1. The number of aryl methyl sites for hydroxylation is 1. The number of sulfone groups is 1. The molecule has 0 unspecified atom stereocenters. The highest BCUT2D eigenvalue weighted by molar-refractivity contribution is 7.92. The second-order valence-electron chi connectivity index (χ2n) is 5.83. The summed E-state index contributed by atoms with van der Waals surface area (Å²) < 4.78 is 24.1. The van der Waals surface area contributed by atoms with Crippen LogP contribution in [0.1, 0.15) is 31.2 Å². The van der Waals surface area contributed by atoms with Gasteiger partial charge in [-0.3, -0.25) is 4.79 Å². The van der Waals surface area contributed by atoms with Crippen molar-refractivity contribution in [2.75, 3.05) is 22.6 Å². The van der Waals surface area contributed by atoms with Crippen molar-refractivity contribution in [1.82, 2.24) is 0 Å². The van der Waals surface area contributed by atoms with Gasteiger partial charge in [0, 0.05) is 11.4 Å². The van der Waals surface area contributed by atoms with Gasteiger partial charge in [0.05, 0.1) is 5.75 Å². The third kappa shape index (κ3) is 4.74. The second-order valence-corrected chi connectivity index (χ2v) is 7.94. The molecule has 0 heterocycles. The van der Waals surface area contributed by atoms with E-state index in [-0.39, 0.29) is 11.7 Å². The van der Waals surface area contributed by atoms with Crippen molar-refractivity contribution in [3.63, 3.8) is 0 Å². The van der Waals surface area contributed by atoms with Gasteiger partial charge in [-0.05, 0) is 43.4 Å². The number of nitrogen functional groups attached to an aromatic ring is 1. The van der Waals surface area contributed by atoms with E-state index in [4.69, 9.17) is 5.73 Å². The maximum atomic E-state index is 12.1. The Bertz CT molecular complexity index is 620. The molecule has 116 valence electrons. The molecular weight excluding hydrogens is 288 g/mol. The monoisotopic (exact) mass is 310 g/mol. The molecule has 0 aromatic heterocycles. The van der Waals surface area contributed by atoms with E-state index >= 15 is 0 Å². The summed E-state index contributed by atoms with van der Waals surface area (Å²) in [6, 6.07) is 5.16. The van der Waals surface area contributed by atoms with Gasteiger partial charge in [0.1, 0.15) is 5.75 Å².